The van der Waals surface area contributed by atoms with Gasteiger partial charge in [0.25, 0.3) is 0 Å². The van der Waals surface area contributed by atoms with E-state index in [1.807, 2.05) is 48.5 Å². The number of halogens is 3. The normalized spacial score (nSPS) is 12.1. The predicted octanol–water partition coefficient (Wildman–Crippen LogP) is 17.4. The van der Waals surface area contributed by atoms with Crippen molar-refractivity contribution >= 4 is 112 Å². The van der Waals surface area contributed by atoms with Crippen LogP contribution in [-0.4, -0.2) is 9.13 Å². The Morgan fingerprint density at radius 1 is 0.485 bits per heavy atom. The number of hydrogen-bond acceptors (Lipinski definition) is 3. The smallest absolute Gasteiger partial charge is 0.309 e. The molecule has 4 aromatic heterocycles. The molecule has 9 heteroatoms. The van der Waals surface area contributed by atoms with E-state index in [2.05, 4.69) is 129 Å². The topological polar surface area (TPSA) is 38.0 Å². The molecule has 13 aromatic rings. The summed E-state index contributed by atoms with van der Waals surface area (Å²) in [4.78, 5) is 3.62. The Morgan fingerprint density at radius 2 is 1.00 bits per heavy atom. The minimum Gasteiger partial charge on any atom is -0.309 e. The van der Waals surface area contributed by atoms with Gasteiger partial charge in [0.2, 0.25) is 0 Å². The number of hydrogen-bond donors (Lipinski definition) is 0. The van der Waals surface area contributed by atoms with Gasteiger partial charge in [-0.15, -0.1) is 22.7 Å². The molecule has 13 rings (SSSR count). The number of para-hydroxylation sites is 2. The van der Waals surface area contributed by atoms with Crippen LogP contribution in [0.25, 0.3) is 122 Å². The van der Waals surface area contributed by atoms with Gasteiger partial charge in [-0.3, -0.25) is 0 Å². The van der Waals surface area contributed by atoms with E-state index < -0.39 is 11.7 Å². The lowest BCUT2D eigenvalue weighted by molar-refractivity contribution is -0.137. The Kier molecular flexibility index (Phi) is 8.20. The van der Waals surface area contributed by atoms with Gasteiger partial charge >= 0.3 is 6.18 Å². The fraction of sp³-hybridized carbons (Fsp3) is 0.0175. The van der Waals surface area contributed by atoms with Crippen LogP contribution in [0.15, 0.2) is 176 Å². The van der Waals surface area contributed by atoms with Gasteiger partial charge in [0.1, 0.15) is 0 Å². The summed E-state index contributed by atoms with van der Waals surface area (Å²) >= 11 is 3.55. The number of thiophene rings is 2. The third kappa shape index (κ3) is 5.48. The predicted molar refractivity (Wildman–Crippen MR) is 268 cm³/mol. The van der Waals surface area contributed by atoms with Crippen LogP contribution in [0.2, 0.25) is 0 Å². The van der Waals surface area contributed by atoms with Crippen LogP contribution in [0.3, 0.4) is 0 Å². The minimum atomic E-state index is -4.61. The summed E-state index contributed by atoms with van der Waals surface area (Å²) in [5.74, 6) is 0. The standard InChI is InChI=1S/C57H29F3N4S2/c1-62-44-30-34(57(58,59)60)20-21-35(44)33-19-25-48(64-46-15-7-3-13-41(46)54-50(64)27-23-39-37-11-5-9-17-52(37)66-56(39)54)43(29-33)42-28-32(31-61)18-24-47(42)63-45-14-6-2-12-40(45)53-49(63)26-22-38-36-10-4-8-16-51(36)65-55(38)53/h2-30H. The van der Waals surface area contributed by atoms with Crippen molar-refractivity contribution in [2.75, 3.05) is 0 Å². The Labute approximate surface area is 382 Å². The molecule has 0 radical (unpaired) electrons. The monoisotopic (exact) mass is 890 g/mol. The molecule has 0 saturated carbocycles. The maximum absolute atomic E-state index is 14.0. The number of alkyl halides is 3. The minimum absolute atomic E-state index is 0.103. The van der Waals surface area contributed by atoms with Crippen LogP contribution in [-0.2, 0) is 6.18 Å². The molecule has 0 aliphatic carbocycles. The third-order valence-electron chi connectivity index (χ3n) is 13.0. The van der Waals surface area contributed by atoms with Gasteiger partial charge in [0.15, 0.2) is 5.69 Å². The van der Waals surface area contributed by atoms with E-state index in [9.17, 15) is 18.4 Å². The van der Waals surface area contributed by atoms with E-state index in [0.717, 1.165) is 78.2 Å². The molecule has 66 heavy (non-hydrogen) atoms. The summed E-state index contributed by atoms with van der Waals surface area (Å²) in [6.07, 6.45) is -4.61. The first-order valence-corrected chi connectivity index (χ1v) is 22.9. The number of fused-ring (bicyclic) bond motifs is 14. The van der Waals surface area contributed by atoms with E-state index in [1.165, 1.54) is 46.4 Å². The van der Waals surface area contributed by atoms with E-state index in [4.69, 9.17) is 6.57 Å². The molecule has 0 saturated heterocycles. The molecule has 0 aliphatic heterocycles. The third-order valence-corrected chi connectivity index (χ3v) is 15.4. The van der Waals surface area contributed by atoms with Crippen molar-refractivity contribution in [1.29, 1.82) is 5.26 Å². The molecule has 4 heterocycles. The molecule has 0 aliphatic rings. The zero-order valence-electron chi connectivity index (χ0n) is 34.5. The van der Waals surface area contributed by atoms with E-state index in [-0.39, 0.29) is 5.69 Å². The Morgan fingerprint density at radius 3 is 1.55 bits per heavy atom. The van der Waals surface area contributed by atoms with Crippen molar-refractivity contribution in [3.05, 3.63) is 198 Å². The van der Waals surface area contributed by atoms with E-state index >= 15 is 0 Å². The number of benzene rings is 9. The maximum Gasteiger partial charge on any atom is 0.415 e. The van der Waals surface area contributed by atoms with Gasteiger partial charge in [-0.1, -0.05) is 103 Å². The van der Waals surface area contributed by atoms with Crippen LogP contribution in [0.1, 0.15) is 11.1 Å². The fourth-order valence-electron chi connectivity index (χ4n) is 10.2. The summed E-state index contributed by atoms with van der Waals surface area (Å²) < 4.78 is 51.4. The maximum atomic E-state index is 14.0. The van der Waals surface area contributed by atoms with Crippen LogP contribution in [0.5, 0.6) is 0 Å². The zero-order valence-corrected chi connectivity index (χ0v) is 36.1. The van der Waals surface area contributed by atoms with Crippen molar-refractivity contribution in [2.45, 2.75) is 6.18 Å². The molecule has 0 amide bonds. The largest absolute Gasteiger partial charge is 0.415 e. The summed E-state index contributed by atoms with van der Waals surface area (Å²) in [7, 11) is 0. The van der Waals surface area contributed by atoms with Gasteiger partial charge < -0.3 is 9.13 Å². The van der Waals surface area contributed by atoms with Crippen molar-refractivity contribution in [3.63, 3.8) is 0 Å². The first-order valence-electron chi connectivity index (χ1n) is 21.2. The van der Waals surface area contributed by atoms with Crippen molar-refractivity contribution < 1.29 is 13.2 Å². The first kappa shape index (κ1) is 38.3. The second-order valence-electron chi connectivity index (χ2n) is 16.5. The summed E-state index contributed by atoms with van der Waals surface area (Å²) in [5, 5.41) is 19.8. The van der Waals surface area contributed by atoms with Crippen LogP contribution in [0, 0.1) is 17.9 Å². The first-order chi connectivity index (χ1) is 32.3. The second kappa shape index (κ2) is 14.1. The number of rotatable bonds is 4. The molecular weight excluding hydrogens is 862 g/mol. The van der Waals surface area contributed by atoms with Gasteiger partial charge in [-0.2, -0.15) is 18.4 Å². The summed E-state index contributed by atoms with van der Waals surface area (Å²) in [6, 6.07) is 59.8. The molecular formula is C57H29F3N4S2. The molecule has 0 bridgehead atoms. The highest BCUT2D eigenvalue weighted by Gasteiger charge is 2.31. The average molecular weight is 891 g/mol. The highest BCUT2D eigenvalue weighted by atomic mass is 32.1. The summed E-state index contributed by atoms with van der Waals surface area (Å²) in [6.45, 7) is 8.04. The van der Waals surface area contributed by atoms with Crippen molar-refractivity contribution in [1.82, 2.24) is 9.13 Å². The van der Waals surface area contributed by atoms with Crippen LogP contribution < -0.4 is 0 Å². The Hall–Kier alpha value is -8.21. The van der Waals surface area contributed by atoms with Gasteiger partial charge in [0.05, 0.1) is 51.6 Å². The van der Waals surface area contributed by atoms with E-state index in [1.54, 1.807) is 22.7 Å². The van der Waals surface area contributed by atoms with Gasteiger partial charge in [0, 0.05) is 78.6 Å². The highest BCUT2D eigenvalue weighted by molar-refractivity contribution is 7.27. The average Bonchev–Trinajstić information content (AvgIpc) is 4.11. The van der Waals surface area contributed by atoms with Crippen LogP contribution in [0.4, 0.5) is 18.9 Å². The second-order valence-corrected chi connectivity index (χ2v) is 18.6. The van der Waals surface area contributed by atoms with Crippen molar-refractivity contribution in [2.24, 2.45) is 0 Å². The Bertz CT molecular complexity index is 4320. The lowest BCUT2D eigenvalue weighted by Crippen LogP contribution is -2.04. The quantitative estimate of drug-likeness (QED) is 0.162. The van der Waals surface area contributed by atoms with Gasteiger partial charge in [-0.25, -0.2) is 4.85 Å². The number of nitriles is 1. The van der Waals surface area contributed by atoms with Gasteiger partial charge in [-0.05, 0) is 83.9 Å². The SMILES string of the molecule is [C-]#[N+]c1cc(C(F)(F)F)ccc1-c1ccc(-n2c3ccccc3c3c4sc5ccccc5c4ccc32)c(-c2cc(C#N)ccc2-n2c3ccccc3c3c4sc5ccccc5c4ccc32)c1. The number of aromatic nitrogens is 2. The van der Waals surface area contributed by atoms with Crippen LogP contribution >= 0.6 is 22.7 Å². The molecule has 0 fully saturated rings. The molecule has 0 spiro atoms. The van der Waals surface area contributed by atoms with Crippen molar-refractivity contribution in [3.8, 4) is 39.7 Å². The van der Waals surface area contributed by atoms with E-state index in [0.29, 0.717) is 16.7 Å². The molecule has 0 atom stereocenters. The summed E-state index contributed by atoms with van der Waals surface area (Å²) in [5.41, 5.74) is 7.49. The molecule has 0 N–H and O–H groups in total. The number of nitrogens with zero attached hydrogens (tertiary/aromatic N) is 4. The fourth-order valence-corrected chi connectivity index (χ4v) is 12.7. The Balaban J connectivity index is 1.16. The molecule has 9 aromatic carbocycles. The molecule has 0 unspecified atom stereocenters. The molecule has 4 nitrogen and oxygen atoms in total. The zero-order chi connectivity index (χ0) is 44.4. The lowest BCUT2D eigenvalue weighted by atomic mass is 9.93. The highest BCUT2D eigenvalue weighted by Crippen LogP contribution is 2.49. The lowest BCUT2D eigenvalue weighted by Gasteiger charge is -2.20. The molecule has 310 valence electrons.